The average Bonchev–Trinajstić information content (AvgIpc) is 1.57. The number of anilines is 2. The lowest BCUT2D eigenvalue weighted by Gasteiger charge is -2.40. The molecule has 8 atom stereocenters. The molecule has 0 unspecified atom stereocenters. The maximum absolute atomic E-state index is 16.9. The van der Waals surface area contributed by atoms with Gasteiger partial charge in [0.2, 0.25) is 0 Å². The van der Waals surface area contributed by atoms with Crippen LogP contribution in [0.25, 0.3) is 65.9 Å². The number of nitrogens with zero attached hydrogens (tertiary/aromatic N) is 12. The molecule has 4 aromatic carbocycles. The van der Waals surface area contributed by atoms with Crippen LogP contribution in [0, 0.1) is 34.9 Å². The summed E-state index contributed by atoms with van der Waals surface area (Å²) < 4.78 is 183. The van der Waals surface area contributed by atoms with Gasteiger partial charge in [0.1, 0.15) is 60.7 Å². The van der Waals surface area contributed by atoms with Crippen LogP contribution in [0.3, 0.4) is 0 Å². The van der Waals surface area contributed by atoms with Gasteiger partial charge >= 0.3 is 12.0 Å². The Morgan fingerprint density at radius 2 is 0.989 bits per heavy atom. The van der Waals surface area contributed by atoms with E-state index in [1.54, 1.807) is 23.9 Å². The van der Waals surface area contributed by atoms with Crippen LogP contribution in [-0.4, -0.2) is 174 Å². The summed E-state index contributed by atoms with van der Waals surface area (Å²) in [5.74, 6) is -11.7. The zero-order chi connectivity index (χ0) is 61.7. The van der Waals surface area contributed by atoms with E-state index in [0.717, 1.165) is 50.7 Å². The summed E-state index contributed by atoms with van der Waals surface area (Å²) in [5, 5.41) is 16.6. The van der Waals surface area contributed by atoms with E-state index in [9.17, 15) is 17.6 Å². The van der Waals surface area contributed by atoms with Gasteiger partial charge in [-0.1, -0.05) is 0 Å². The first-order valence-electron chi connectivity index (χ1n) is 30.7. The molecule has 8 aromatic rings. The number of piperazine rings is 2. The van der Waals surface area contributed by atoms with E-state index < -0.39 is 69.0 Å². The van der Waals surface area contributed by atoms with Gasteiger partial charge in [-0.2, -0.15) is 30.1 Å². The number of ether oxygens (including phenoxy) is 4. The fourth-order valence-corrected chi connectivity index (χ4v) is 17.0. The topological polar surface area (TPSA) is 161 Å². The molecule has 90 heavy (non-hydrogen) atoms. The number of nitrogens with one attached hydrogen (secondary N) is 2. The summed E-state index contributed by atoms with van der Waals surface area (Å²) in [4.78, 5) is 25.7. The van der Waals surface area contributed by atoms with Crippen molar-refractivity contribution in [1.82, 2.24) is 59.9 Å². The molecule has 14 heterocycles. The molecule has 8 fully saturated rings. The third-order valence-electron chi connectivity index (χ3n) is 21.0. The van der Waals surface area contributed by atoms with E-state index in [0.29, 0.717) is 49.8 Å². The normalized spacial score (nSPS) is 28.4. The minimum atomic E-state index is -2.84. The first-order chi connectivity index (χ1) is 43.2. The van der Waals surface area contributed by atoms with Crippen LogP contribution in [0.4, 0.5) is 55.5 Å². The molecule has 18 rings (SSSR count). The molecule has 0 spiro atoms. The van der Waals surface area contributed by atoms with Gasteiger partial charge in [0.15, 0.2) is 34.8 Å². The van der Waals surface area contributed by atoms with Crippen molar-refractivity contribution in [2.45, 2.75) is 123 Å². The lowest BCUT2D eigenvalue weighted by atomic mass is 9.94. The van der Waals surface area contributed by atoms with Crippen LogP contribution < -0.4 is 39.4 Å². The third kappa shape index (κ3) is 8.50. The Morgan fingerprint density at radius 3 is 1.42 bits per heavy atom. The van der Waals surface area contributed by atoms with E-state index in [4.69, 9.17) is 28.9 Å². The van der Waals surface area contributed by atoms with Crippen LogP contribution in [0.1, 0.15) is 64.2 Å². The number of halogens is 10. The van der Waals surface area contributed by atoms with Gasteiger partial charge in [-0.15, -0.1) is 0 Å². The minimum absolute atomic E-state index is 0.0344. The van der Waals surface area contributed by atoms with Crippen molar-refractivity contribution >= 4 is 55.2 Å². The van der Waals surface area contributed by atoms with E-state index in [2.05, 4.69) is 30.8 Å². The molecule has 472 valence electrons. The highest BCUT2D eigenvalue weighted by Gasteiger charge is 2.59. The number of aromatic nitrogens is 8. The van der Waals surface area contributed by atoms with E-state index in [-0.39, 0.29) is 168 Å². The molecule has 8 saturated heterocycles. The third-order valence-corrected chi connectivity index (χ3v) is 21.0. The Labute approximate surface area is 506 Å². The van der Waals surface area contributed by atoms with E-state index in [1.807, 2.05) is 9.80 Å². The maximum Gasteiger partial charge on any atom is 0.319 e. The van der Waals surface area contributed by atoms with Gasteiger partial charge in [-0.25, -0.2) is 43.9 Å². The zero-order valence-corrected chi connectivity index (χ0v) is 48.8. The molecule has 10 aliphatic rings. The van der Waals surface area contributed by atoms with E-state index in [1.165, 1.54) is 33.9 Å². The van der Waals surface area contributed by atoms with Gasteiger partial charge < -0.3 is 39.4 Å². The van der Waals surface area contributed by atoms with Crippen LogP contribution in [0.2, 0.25) is 0 Å². The van der Waals surface area contributed by atoms with Crippen molar-refractivity contribution in [2.75, 3.05) is 75.5 Å². The Bertz CT molecular complexity index is 4080. The molecule has 0 amide bonds. The van der Waals surface area contributed by atoms with Gasteiger partial charge in [0.05, 0.1) is 81.6 Å². The van der Waals surface area contributed by atoms with Crippen LogP contribution in [0.15, 0.2) is 36.7 Å². The first kappa shape index (κ1) is 56.4. The molecule has 2 N–H and O–H groups in total. The van der Waals surface area contributed by atoms with Gasteiger partial charge in [-0.05, 0) is 88.7 Å². The van der Waals surface area contributed by atoms with Crippen molar-refractivity contribution in [3.63, 3.8) is 0 Å². The average molecular weight is 1260 g/mol. The molecule has 0 radical (unpaired) electrons. The summed E-state index contributed by atoms with van der Waals surface area (Å²) in [7, 11) is 3.14. The van der Waals surface area contributed by atoms with Gasteiger partial charge in [0.25, 0.3) is 11.8 Å². The molecular weight excluding hydrogens is 1190 g/mol. The monoisotopic (exact) mass is 1250 g/mol. The number of aryl methyl sites for hydroxylation is 2. The number of rotatable bonds is 8. The van der Waals surface area contributed by atoms with Crippen molar-refractivity contribution in [1.29, 1.82) is 0 Å². The molecule has 10 aliphatic heterocycles. The molecular formula is C62H60F10N14O4. The second-order valence-corrected chi connectivity index (χ2v) is 26.3. The fourth-order valence-electron chi connectivity index (χ4n) is 17.0. The van der Waals surface area contributed by atoms with E-state index >= 15 is 26.3 Å². The zero-order valence-electron chi connectivity index (χ0n) is 48.8. The standard InChI is InChI=1S/2C31H30F5N7O2/c2*1-41-26-15(9-37-41)3-5-17(32)20(26)21-23(33)25-22-27(24(21)34)44-11-19-18-6-4-16(38-18)10-43(19)28(22)40-29(39-25)45-14-30-7-2-8-42(30)13-31(35,36)12-30/h2*3,5,9,16,18-19,38H,2,4,6-8,10-14H2,1H3/t2*16-,18+,19-,30+/m11/s1. The highest BCUT2D eigenvalue weighted by molar-refractivity contribution is 6.05. The largest absolute Gasteiger partial charge is 0.487 e. The summed E-state index contributed by atoms with van der Waals surface area (Å²) in [6.07, 6.45) is 8.50. The first-order valence-corrected chi connectivity index (χ1v) is 30.7. The van der Waals surface area contributed by atoms with Crippen LogP contribution >= 0.6 is 0 Å². The lowest BCUT2D eigenvalue weighted by Crippen LogP contribution is -2.60. The number of alkyl halides is 4. The number of hydrogen-bond donors (Lipinski definition) is 2. The number of hydrogen-bond acceptors (Lipinski definition) is 16. The maximum atomic E-state index is 16.9. The Balaban J connectivity index is 0.000000139. The Kier molecular flexibility index (Phi) is 12.5. The predicted octanol–water partition coefficient (Wildman–Crippen LogP) is 9.11. The summed E-state index contributed by atoms with van der Waals surface area (Å²) in [6.45, 7) is 1.40. The summed E-state index contributed by atoms with van der Waals surface area (Å²) in [5.41, 5.74) is -3.79. The second kappa shape index (κ2) is 20.0. The Morgan fingerprint density at radius 1 is 0.556 bits per heavy atom. The smallest absolute Gasteiger partial charge is 0.319 e. The molecule has 4 bridgehead atoms. The van der Waals surface area contributed by atoms with Gasteiger partial charge in [-0.3, -0.25) is 19.2 Å². The highest BCUT2D eigenvalue weighted by Crippen LogP contribution is 2.53. The minimum Gasteiger partial charge on any atom is -0.487 e. The van der Waals surface area contributed by atoms with Crippen LogP contribution in [-0.2, 0) is 14.1 Å². The highest BCUT2D eigenvalue weighted by atomic mass is 19.3. The van der Waals surface area contributed by atoms with Crippen molar-refractivity contribution < 1.29 is 62.9 Å². The molecule has 18 nitrogen and oxygen atoms in total. The van der Waals surface area contributed by atoms with Crippen molar-refractivity contribution in [3.8, 4) is 45.8 Å². The SMILES string of the molecule is Cn1ncc2ccc(F)c(-c3c(F)c4c5c(nc(OC[C@@]67CCCN6CC(F)(F)C7)nc5c3F)N3C[C@H]5CC[C@H](N5)[C@H]3CO4)c21.Cn1ncc2ccc(F)c(-c3c(F)c4c5c(nc(OC[C@@]67CCCN6CC(F)(F)C7)nc5c3F)N3C[C@H]5CC[C@H](N5)[C@H]3CO4)c21. The summed E-state index contributed by atoms with van der Waals surface area (Å²) >= 11 is 0. The Hall–Kier alpha value is -7.56. The predicted molar refractivity (Wildman–Crippen MR) is 309 cm³/mol. The number of fused-ring (bicyclic) bond motifs is 14. The molecule has 28 heteroatoms. The van der Waals surface area contributed by atoms with Gasteiger partial charge in [0, 0.05) is 86.1 Å². The van der Waals surface area contributed by atoms with Crippen molar-refractivity contribution in [2.24, 2.45) is 14.1 Å². The second-order valence-electron chi connectivity index (χ2n) is 26.3. The molecule has 4 aromatic heterocycles. The molecule has 0 saturated carbocycles. The summed E-state index contributed by atoms with van der Waals surface area (Å²) in [6, 6.07) is 4.75. The fraction of sp³-hybridized carbons (Fsp3) is 0.516. The number of benzene rings is 4. The quantitative estimate of drug-likeness (QED) is 0.139. The van der Waals surface area contributed by atoms with Crippen LogP contribution in [0.5, 0.6) is 23.5 Å². The lowest BCUT2D eigenvalue weighted by molar-refractivity contribution is 0.00737. The van der Waals surface area contributed by atoms with Crippen molar-refractivity contribution in [3.05, 3.63) is 71.6 Å². The molecule has 0 aliphatic carbocycles.